The lowest BCUT2D eigenvalue weighted by atomic mass is 9.98. The summed E-state index contributed by atoms with van der Waals surface area (Å²) in [6.45, 7) is 4.02. The summed E-state index contributed by atoms with van der Waals surface area (Å²) in [6.07, 6.45) is 2.81. The van der Waals surface area contributed by atoms with Crippen LogP contribution in [-0.4, -0.2) is 28.9 Å². The minimum Gasteiger partial charge on any atom is -0.322 e. The summed E-state index contributed by atoms with van der Waals surface area (Å²) >= 11 is 0. The van der Waals surface area contributed by atoms with Crippen molar-refractivity contribution in [2.45, 2.75) is 51.2 Å². The zero-order valence-electron chi connectivity index (χ0n) is 9.89. The monoisotopic (exact) mass is 221 g/mol. The summed E-state index contributed by atoms with van der Waals surface area (Å²) < 4.78 is 0. The molecule has 1 saturated carbocycles. The normalized spacial score (nSPS) is 35.1. The van der Waals surface area contributed by atoms with Crippen LogP contribution in [0.2, 0.25) is 0 Å². The molecule has 0 bridgehead atoms. The summed E-state index contributed by atoms with van der Waals surface area (Å²) in [4.78, 5) is 14.0. The number of likely N-dealkylation sites (tertiary alicyclic amines) is 1. The number of nitrogens with zero attached hydrogens (tertiary/aromatic N) is 2. The highest BCUT2D eigenvalue weighted by Crippen LogP contribution is 2.47. The topological polar surface area (TPSA) is 70.1 Å². The maximum atomic E-state index is 12.2. The third-order valence-corrected chi connectivity index (χ3v) is 4.05. The van der Waals surface area contributed by atoms with Gasteiger partial charge in [-0.15, -0.1) is 0 Å². The van der Waals surface area contributed by atoms with Gasteiger partial charge < -0.3 is 10.6 Å². The van der Waals surface area contributed by atoms with Crippen molar-refractivity contribution in [2.75, 3.05) is 0 Å². The summed E-state index contributed by atoms with van der Waals surface area (Å²) in [5.41, 5.74) is 5.95. The molecule has 0 unspecified atom stereocenters. The lowest BCUT2D eigenvalue weighted by Crippen LogP contribution is -2.49. The minimum atomic E-state index is -0.444. The van der Waals surface area contributed by atoms with Gasteiger partial charge in [-0.2, -0.15) is 5.26 Å². The van der Waals surface area contributed by atoms with Crippen molar-refractivity contribution in [1.82, 2.24) is 4.90 Å². The standard InChI is InChI=1S/C12H19N3O/c1-3-7(2)11(14)12(16)15-9(6-13)4-8-5-10(8)15/h7-11H,3-5,14H2,1-2H3/t7-,8-,9-,10+,11-/m0/s1. The quantitative estimate of drug-likeness (QED) is 0.768. The number of piperidine rings is 1. The Morgan fingerprint density at radius 3 is 2.88 bits per heavy atom. The molecule has 1 aliphatic heterocycles. The number of hydrogen-bond acceptors (Lipinski definition) is 3. The Balaban J connectivity index is 2.06. The second-order valence-corrected chi connectivity index (χ2v) is 5.10. The fourth-order valence-corrected chi connectivity index (χ4v) is 2.56. The summed E-state index contributed by atoms with van der Waals surface area (Å²) in [7, 11) is 0. The Hall–Kier alpha value is -1.08. The molecular weight excluding hydrogens is 202 g/mol. The smallest absolute Gasteiger partial charge is 0.241 e. The average molecular weight is 221 g/mol. The van der Waals surface area contributed by atoms with Gasteiger partial charge in [-0.25, -0.2) is 0 Å². The van der Waals surface area contributed by atoms with E-state index in [9.17, 15) is 4.79 Å². The third kappa shape index (κ3) is 1.69. The fraction of sp³-hybridized carbons (Fsp3) is 0.833. The highest BCUT2D eigenvalue weighted by Gasteiger charge is 2.54. The number of nitriles is 1. The van der Waals surface area contributed by atoms with E-state index in [1.165, 1.54) is 0 Å². The van der Waals surface area contributed by atoms with E-state index in [0.29, 0.717) is 12.0 Å². The summed E-state index contributed by atoms with van der Waals surface area (Å²) in [6, 6.07) is 1.85. The molecule has 1 aliphatic carbocycles. The van der Waals surface area contributed by atoms with Crippen LogP contribution in [0.25, 0.3) is 0 Å². The Labute approximate surface area is 96.4 Å². The van der Waals surface area contributed by atoms with E-state index in [2.05, 4.69) is 6.07 Å². The Bertz CT molecular complexity index is 336. The molecule has 0 radical (unpaired) electrons. The maximum Gasteiger partial charge on any atom is 0.241 e. The van der Waals surface area contributed by atoms with Crippen LogP contribution in [0.1, 0.15) is 33.1 Å². The predicted octanol–water partition coefficient (Wildman–Crippen LogP) is 0.873. The lowest BCUT2D eigenvalue weighted by Gasteiger charge is -2.28. The summed E-state index contributed by atoms with van der Waals surface area (Å²) in [5, 5.41) is 9.02. The van der Waals surface area contributed by atoms with Gasteiger partial charge in [-0.3, -0.25) is 4.79 Å². The van der Waals surface area contributed by atoms with Gasteiger partial charge in [0.15, 0.2) is 0 Å². The highest BCUT2D eigenvalue weighted by molar-refractivity contribution is 5.83. The first kappa shape index (κ1) is 11.4. The Morgan fingerprint density at radius 1 is 1.62 bits per heavy atom. The molecular formula is C12H19N3O. The molecule has 1 amide bonds. The number of hydrogen-bond donors (Lipinski definition) is 1. The van der Waals surface area contributed by atoms with E-state index < -0.39 is 6.04 Å². The molecule has 0 aromatic carbocycles. The number of carbonyl (C=O) groups is 1. The van der Waals surface area contributed by atoms with Crippen LogP contribution in [0.4, 0.5) is 0 Å². The van der Waals surface area contributed by atoms with Crippen LogP contribution in [0.3, 0.4) is 0 Å². The molecule has 0 spiro atoms. The summed E-state index contributed by atoms with van der Waals surface area (Å²) in [5.74, 6) is 0.730. The number of fused-ring (bicyclic) bond motifs is 1. The van der Waals surface area contributed by atoms with Gasteiger partial charge in [0, 0.05) is 6.04 Å². The molecule has 4 nitrogen and oxygen atoms in total. The van der Waals surface area contributed by atoms with Crippen molar-refractivity contribution >= 4 is 5.91 Å². The van der Waals surface area contributed by atoms with E-state index in [1.54, 1.807) is 4.90 Å². The third-order valence-electron chi connectivity index (χ3n) is 4.05. The number of carbonyl (C=O) groups excluding carboxylic acids is 1. The number of amides is 1. The van der Waals surface area contributed by atoms with Crippen molar-refractivity contribution in [1.29, 1.82) is 5.26 Å². The van der Waals surface area contributed by atoms with E-state index in [4.69, 9.17) is 11.0 Å². The average Bonchev–Trinajstić information content (AvgIpc) is 2.97. The van der Waals surface area contributed by atoms with Crippen LogP contribution in [0.5, 0.6) is 0 Å². The largest absolute Gasteiger partial charge is 0.322 e. The van der Waals surface area contributed by atoms with E-state index in [-0.39, 0.29) is 17.9 Å². The van der Waals surface area contributed by atoms with Gasteiger partial charge in [-0.1, -0.05) is 20.3 Å². The second kappa shape index (κ2) is 4.06. The molecule has 5 atom stereocenters. The van der Waals surface area contributed by atoms with Crippen molar-refractivity contribution in [3.8, 4) is 6.07 Å². The molecule has 2 aliphatic rings. The van der Waals surface area contributed by atoms with Crippen LogP contribution in [-0.2, 0) is 4.79 Å². The molecule has 2 fully saturated rings. The van der Waals surface area contributed by atoms with Gasteiger partial charge >= 0.3 is 0 Å². The second-order valence-electron chi connectivity index (χ2n) is 5.10. The van der Waals surface area contributed by atoms with Gasteiger partial charge in [0.2, 0.25) is 5.91 Å². The zero-order valence-corrected chi connectivity index (χ0v) is 9.89. The van der Waals surface area contributed by atoms with Gasteiger partial charge in [0.05, 0.1) is 12.1 Å². The van der Waals surface area contributed by atoms with Gasteiger partial charge in [0.25, 0.3) is 0 Å². The minimum absolute atomic E-state index is 0.0223. The van der Waals surface area contributed by atoms with E-state index >= 15 is 0 Å². The zero-order chi connectivity index (χ0) is 11.9. The van der Waals surface area contributed by atoms with Crippen molar-refractivity contribution in [3.63, 3.8) is 0 Å². The van der Waals surface area contributed by atoms with Gasteiger partial charge in [0.1, 0.15) is 6.04 Å². The maximum absolute atomic E-state index is 12.2. The molecule has 1 saturated heterocycles. The molecule has 0 aromatic rings. The number of rotatable bonds is 3. The Kier molecular flexibility index (Phi) is 2.90. The fourth-order valence-electron chi connectivity index (χ4n) is 2.56. The first-order chi connectivity index (χ1) is 7.60. The molecule has 2 rings (SSSR count). The molecule has 1 heterocycles. The van der Waals surface area contributed by atoms with Crippen molar-refractivity contribution in [3.05, 3.63) is 0 Å². The first-order valence-electron chi connectivity index (χ1n) is 6.07. The van der Waals surface area contributed by atoms with Crippen LogP contribution < -0.4 is 5.73 Å². The van der Waals surface area contributed by atoms with Crippen LogP contribution in [0.15, 0.2) is 0 Å². The van der Waals surface area contributed by atoms with Crippen LogP contribution in [0, 0.1) is 23.2 Å². The van der Waals surface area contributed by atoms with Crippen molar-refractivity contribution < 1.29 is 4.79 Å². The van der Waals surface area contributed by atoms with Gasteiger partial charge in [-0.05, 0) is 24.7 Å². The molecule has 88 valence electrons. The molecule has 16 heavy (non-hydrogen) atoms. The predicted molar refractivity (Wildman–Crippen MR) is 60.2 cm³/mol. The SMILES string of the molecule is CC[C@H](C)[C@H](N)C(=O)N1[C@H](C#N)C[C@H]2C[C@H]21. The molecule has 4 heteroatoms. The van der Waals surface area contributed by atoms with Crippen molar-refractivity contribution in [2.24, 2.45) is 17.6 Å². The van der Waals surface area contributed by atoms with Crippen LogP contribution >= 0.6 is 0 Å². The number of nitrogens with two attached hydrogens (primary N) is 1. The molecule has 2 N–H and O–H groups in total. The lowest BCUT2D eigenvalue weighted by molar-refractivity contribution is -0.134. The first-order valence-corrected chi connectivity index (χ1v) is 6.07. The van der Waals surface area contributed by atoms with E-state index in [0.717, 1.165) is 19.3 Å². The highest BCUT2D eigenvalue weighted by atomic mass is 16.2. The van der Waals surface area contributed by atoms with E-state index in [1.807, 2.05) is 13.8 Å². The molecule has 0 aromatic heterocycles. The Morgan fingerprint density at radius 2 is 2.31 bits per heavy atom.